The van der Waals surface area contributed by atoms with Gasteiger partial charge in [-0.25, -0.2) is 4.39 Å². The van der Waals surface area contributed by atoms with Gasteiger partial charge in [-0.2, -0.15) is 0 Å². The number of rotatable bonds is 4. The third kappa shape index (κ3) is 3.53. The van der Waals surface area contributed by atoms with Crippen LogP contribution in [0.25, 0.3) is 0 Å². The number of ether oxygens (including phenoxy) is 2. The van der Waals surface area contributed by atoms with Gasteiger partial charge in [0.25, 0.3) is 0 Å². The summed E-state index contributed by atoms with van der Waals surface area (Å²) in [5.41, 5.74) is -3.37. The lowest BCUT2D eigenvalue weighted by molar-refractivity contribution is -0.195. The fourth-order valence-corrected chi connectivity index (χ4v) is 9.65. The Morgan fingerprint density at radius 2 is 1.81 bits per heavy atom. The van der Waals surface area contributed by atoms with Gasteiger partial charge in [0.2, 0.25) is 5.78 Å². The molecular formula is C26H30BrCl2FO6. The number of esters is 2. The summed E-state index contributed by atoms with van der Waals surface area (Å²) >= 11 is 17.9. The quantitative estimate of drug-likeness (QED) is 0.322. The first-order valence-electron chi connectivity index (χ1n) is 12.0. The van der Waals surface area contributed by atoms with Crippen LogP contribution in [0.4, 0.5) is 4.39 Å². The van der Waals surface area contributed by atoms with E-state index in [-0.39, 0.29) is 24.5 Å². The van der Waals surface area contributed by atoms with E-state index in [1.807, 2.05) is 13.8 Å². The fraction of sp³-hybridized carbons (Fsp3) is 0.692. The van der Waals surface area contributed by atoms with Crippen LogP contribution in [0.5, 0.6) is 0 Å². The molecule has 0 bridgehead atoms. The molecule has 9 atom stereocenters. The standard InChI is InChI=1S/C26H30BrCl2FO6/c1-12-6-15-16-7-19(30)17-8-20(33)18(27)9-23(17,4)25(16,29)21(28)10-24(15,5)26(12,36-14(3)32)22(34)11-35-13(2)31/h8-9,12,15-16,19,21H,6-7,10-11H2,1-5H3/t12-,15-,16-,19+,21-,23-,24-,25-,26-/m0/s1. The fourth-order valence-electron chi connectivity index (χ4n) is 7.88. The molecule has 0 spiro atoms. The number of alkyl halides is 3. The van der Waals surface area contributed by atoms with Crippen LogP contribution in [0.3, 0.4) is 0 Å². The lowest BCUT2D eigenvalue weighted by Gasteiger charge is -2.64. The van der Waals surface area contributed by atoms with Crippen molar-refractivity contribution >= 4 is 62.6 Å². The molecule has 0 aromatic rings. The predicted octanol–water partition coefficient (Wildman–Crippen LogP) is 5.22. The molecule has 4 rings (SSSR count). The van der Waals surface area contributed by atoms with Crippen molar-refractivity contribution in [3.8, 4) is 0 Å². The molecule has 0 N–H and O–H groups in total. The molecule has 0 radical (unpaired) electrons. The first-order chi connectivity index (χ1) is 16.6. The van der Waals surface area contributed by atoms with Gasteiger partial charge in [0, 0.05) is 30.6 Å². The predicted molar refractivity (Wildman–Crippen MR) is 136 cm³/mol. The Balaban J connectivity index is 1.87. The van der Waals surface area contributed by atoms with Crippen molar-refractivity contribution in [2.45, 2.75) is 75.9 Å². The molecule has 0 amide bonds. The molecule has 36 heavy (non-hydrogen) atoms. The number of fused-ring (bicyclic) bond motifs is 5. The van der Waals surface area contributed by atoms with E-state index in [4.69, 9.17) is 32.7 Å². The van der Waals surface area contributed by atoms with E-state index in [9.17, 15) is 19.2 Å². The SMILES string of the molecule is CC(=O)OCC(=O)[C@@]1(OC(C)=O)[C@@H](C)C[C@H]2[C@@H]3C[C@@H](F)C4=CC(=O)C(Br)=C[C@]4(C)[C@@]3(Cl)[C@@H](Cl)C[C@@]21C. The summed E-state index contributed by atoms with van der Waals surface area (Å²) in [4.78, 5) is 48.7. The number of ketones is 2. The van der Waals surface area contributed by atoms with Gasteiger partial charge in [-0.15, -0.1) is 23.2 Å². The Morgan fingerprint density at radius 3 is 2.39 bits per heavy atom. The first kappa shape index (κ1) is 27.8. The largest absolute Gasteiger partial charge is 0.458 e. The van der Waals surface area contributed by atoms with Crippen molar-refractivity contribution in [3.63, 3.8) is 0 Å². The maximum atomic E-state index is 15.8. The number of Topliss-reactive ketones (excluding diaryl/α,β-unsaturated/α-hetero) is 1. The number of carbonyl (C=O) groups is 4. The number of halogens is 4. The van der Waals surface area contributed by atoms with E-state index < -0.39 is 69.0 Å². The van der Waals surface area contributed by atoms with Gasteiger partial charge in [0.1, 0.15) is 6.17 Å². The van der Waals surface area contributed by atoms with Crippen molar-refractivity contribution in [2.75, 3.05) is 6.61 Å². The highest BCUT2D eigenvalue weighted by molar-refractivity contribution is 9.12. The van der Waals surface area contributed by atoms with Crippen LogP contribution in [-0.2, 0) is 28.7 Å². The molecule has 3 fully saturated rings. The normalized spacial score (nSPS) is 45.5. The van der Waals surface area contributed by atoms with E-state index >= 15 is 4.39 Å². The zero-order chi connectivity index (χ0) is 27.0. The third-order valence-electron chi connectivity index (χ3n) is 9.31. The molecule has 4 aliphatic rings. The minimum Gasteiger partial charge on any atom is -0.458 e. The summed E-state index contributed by atoms with van der Waals surface area (Å²) in [6.07, 6.45) is 2.20. The maximum absolute atomic E-state index is 15.8. The highest BCUT2D eigenvalue weighted by Crippen LogP contribution is 2.73. The minimum atomic E-state index is -1.62. The first-order valence-corrected chi connectivity index (χ1v) is 13.6. The molecule has 0 unspecified atom stereocenters. The van der Waals surface area contributed by atoms with Gasteiger partial charge < -0.3 is 9.47 Å². The summed E-state index contributed by atoms with van der Waals surface area (Å²) in [6.45, 7) is 7.34. The average molecular weight is 608 g/mol. The smallest absolute Gasteiger partial charge is 0.303 e. The van der Waals surface area contributed by atoms with Crippen LogP contribution in [-0.4, -0.2) is 52.1 Å². The van der Waals surface area contributed by atoms with Gasteiger partial charge in [0.05, 0.1) is 14.7 Å². The maximum Gasteiger partial charge on any atom is 0.303 e. The summed E-state index contributed by atoms with van der Waals surface area (Å²) in [7, 11) is 0. The second-order valence-electron chi connectivity index (χ2n) is 11.1. The van der Waals surface area contributed by atoms with Gasteiger partial charge in [-0.1, -0.05) is 26.8 Å². The Bertz CT molecular complexity index is 1110. The zero-order valence-corrected chi connectivity index (χ0v) is 23.9. The molecule has 10 heteroatoms. The van der Waals surface area contributed by atoms with Crippen LogP contribution >= 0.6 is 39.1 Å². The van der Waals surface area contributed by atoms with Crippen LogP contribution in [0, 0.1) is 28.6 Å². The Kier molecular flexibility index (Phi) is 6.87. The molecule has 0 heterocycles. The van der Waals surface area contributed by atoms with Crippen LogP contribution in [0.15, 0.2) is 22.2 Å². The summed E-state index contributed by atoms with van der Waals surface area (Å²) < 4.78 is 27.0. The number of hydrogen-bond acceptors (Lipinski definition) is 6. The molecule has 4 aliphatic carbocycles. The molecule has 198 valence electrons. The van der Waals surface area contributed by atoms with Crippen LogP contribution in [0.1, 0.15) is 53.9 Å². The number of hydrogen-bond donors (Lipinski definition) is 0. The lowest BCUT2D eigenvalue weighted by Crippen LogP contribution is -2.69. The summed E-state index contributed by atoms with van der Waals surface area (Å²) in [5.74, 6) is -3.41. The van der Waals surface area contributed by atoms with E-state index in [0.717, 1.165) is 0 Å². The van der Waals surface area contributed by atoms with Crippen LogP contribution in [0.2, 0.25) is 0 Å². The van der Waals surface area contributed by atoms with E-state index in [0.29, 0.717) is 16.5 Å². The third-order valence-corrected chi connectivity index (χ3v) is 11.5. The van der Waals surface area contributed by atoms with Crippen molar-refractivity contribution in [1.29, 1.82) is 0 Å². The highest BCUT2D eigenvalue weighted by Gasteiger charge is 2.77. The zero-order valence-electron chi connectivity index (χ0n) is 20.8. The van der Waals surface area contributed by atoms with Crippen LogP contribution < -0.4 is 0 Å². The van der Waals surface area contributed by atoms with Gasteiger partial charge >= 0.3 is 11.9 Å². The minimum absolute atomic E-state index is 0.0220. The Morgan fingerprint density at radius 1 is 1.17 bits per heavy atom. The molecule has 6 nitrogen and oxygen atoms in total. The second-order valence-corrected chi connectivity index (χ2v) is 13.1. The van der Waals surface area contributed by atoms with Crippen molar-refractivity contribution < 1.29 is 33.0 Å². The van der Waals surface area contributed by atoms with Crippen molar-refractivity contribution in [3.05, 3.63) is 22.2 Å². The molecule has 3 saturated carbocycles. The average Bonchev–Trinajstić information content (AvgIpc) is 2.98. The highest BCUT2D eigenvalue weighted by atomic mass is 79.9. The topological polar surface area (TPSA) is 86.7 Å². The van der Waals surface area contributed by atoms with Gasteiger partial charge in [-0.3, -0.25) is 19.2 Å². The van der Waals surface area contributed by atoms with E-state index in [2.05, 4.69) is 15.9 Å². The molecular weight excluding hydrogens is 578 g/mol. The van der Waals surface area contributed by atoms with E-state index in [1.54, 1.807) is 13.0 Å². The van der Waals surface area contributed by atoms with Crippen molar-refractivity contribution in [2.24, 2.45) is 28.6 Å². The Labute approximate surface area is 228 Å². The molecule has 0 aromatic heterocycles. The monoisotopic (exact) mass is 606 g/mol. The second kappa shape index (κ2) is 8.91. The summed E-state index contributed by atoms with van der Waals surface area (Å²) in [6, 6.07) is 0. The van der Waals surface area contributed by atoms with Gasteiger partial charge in [0.15, 0.2) is 18.0 Å². The Hall–Kier alpha value is -1.25. The molecule has 0 aromatic carbocycles. The van der Waals surface area contributed by atoms with Gasteiger partial charge in [-0.05, 0) is 58.7 Å². The molecule has 0 aliphatic heterocycles. The number of carbonyl (C=O) groups excluding carboxylic acids is 4. The lowest BCUT2D eigenvalue weighted by atomic mass is 9.46. The summed E-state index contributed by atoms with van der Waals surface area (Å²) in [5, 5.41) is -0.766. The van der Waals surface area contributed by atoms with Crippen molar-refractivity contribution in [1.82, 2.24) is 0 Å². The van der Waals surface area contributed by atoms with E-state index in [1.165, 1.54) is 19.9 Å². The molecule has 0 saturated heterocycles. The number of allylic oxidation sites excluding steroid dienone is 4.